The lowest BCUT2D eigenvalue weighted by Crippen LogP contribution is -2.01. The number of nitrogens with two attached hydrogens (primary N) is 1. The van der Waals surface area contributed by atoms with Gasteiger partial charge in [0, 0.05) is 16.1 Å². The molecule has 1 heterocycles. The van der Waals surface area contributed by atoms with Crippen LogP contribution >= 0.6 is 11.6 Å². The van der Waals surface area contributed by atoms with Crippen LogP contribution in [0.2, 0.25) is 5.02 Å². The number of nitrogens with zero attached hydrogens (tertiary/aromatic N) is 1. The summed E-state index contributed by atoms with van der Waals surface area (Å²) in [5, 5.41) is 1.92. The first-order chi connectivity index (χ1) is 7.70. The Morgan fingerprint density at radius 1 is 1.31 bits per heavy atom. The number of hydrogen-bond acceptors (Lipinski definition) is 2. The van der Waals surface area contributed by atoms with E-state index in [1.165, 1.54) is 10.9 Å². The van der Waals surface area contributed by atoms with Gasteiger partial charge >= 0.3 is 0 Å². The van der Waals surface area contributed by atoms with E-state index in [0.29, 0.717) is 0 Å². The summed E-state index contributed by atoms with van der Waals surface area (Å²) in [6.07, 6.45) is 2.00. The molecule has 1 aromatic carbocycles. The summed E-state index contributed by atoms with van der Waals surface area (Å²) in [4.78, 5) is 4.49. The number of halogens is 1. The van der Waals surface area contributed by atoms with Gasteiger partial charge in [0.25, 0.3) is 0 Å². The van der Waals surface area contributed by atoms with E-state index in [2.05, 4.69) is 11.1 Å². The summed E-state index contributed by atoms with van der Waals surface area (Å²) < 4.78 is 0. The zero-order chi connectivity index (χ0) is 11.5. The van der Waals surface area contributed by atoms with Crippen LogP contribution < -0.4 is 5.73 Å². The molecule has 2 rings (SSSR count). The lowest BCUT2D eigenvalue weighted by Gasteiger charge is -2.07. The molecule has 16 heavy (non-hydrogen) atoms. The predicted octanol–water partition coefficient (Wildman–Crippen LogP) is 3.09. The van der Waals surface area contributed by atoms with Crippen LogP contribution in [0.4, 0.5) is 0 Å². The van der Waals surface area contributed by atoms with Crippen LogP contribution in [0.25, 0.3) is 10.9 Å². The highest BCUT2D eigenvalue weighted by molar-refractivity contribution is 6.31. The largest absolute Gasteiger partial charge is 0.330 e. The minimum atomic E-state index is 0.719. The van der Waals surface area contributed by atoms with Crippen molar-refractivity contribution < 1.29 is 0 Å². The van der Waals surface area contributed by atoms with Gasteiger partial charge in [0.1, 0.15) is 0 Å². The standard InChI is InChI=1S/C13H15ClN2/c1-9-7-10(3-2-6-15)12-5-4-11(14)8-13(12)16-9/h4-5,7-8H,2-3,6,15H2,1H3. The van der Waals surface area contributed by atoms with Gasteiger partial charge < -0.3 is 5.73 Å². The lowest BCUT2D eigenvalue weighted by atomic mass is 10.0. The maximum Gasteiger partial charge on any atom is 0.0722 e. The van der Waals surface area contributed by atoms with Crippen LogP contribution in [0.1, 0.15) is 17.7 Å². The van der Waals surface area contributed by atoms with E-state index in [-0.39, 0.29) is 0 Å². The Morgan fingerprint density at radius 2 is 2.12 bits per heavy atom. The number of rotatable bonds is 3. The molecule has 0 spiro atoms. The van der Waals surface area contributed by atoms with E-state index < -0.39 is 0 Å². The molecule has 0 unspecified atom stereocenters. The van der Waals surface area contributed by atoms with Crippen LogP contribution in [0.3, 0.4) is 0 Å². The molecule has 0 atom stereocenters. The van der Waals surface area contributed by atoms with E-state index in [0.717, 1.165) is 35.6 Å². The maximum atomic E-state index is 5.97. The third-order valence-electron chi connectivity index (χ3n) is 2.64. The van der Waals surface area contributed by atoms with Crippen molar-refractivity contribution in [1.29, 1.82) is 0 Å². The molecule has 0 radical (unpaired) electrons. The van der Waals surface area contributed by atoms with Gasteiger partial charge in [-0.15, -0.1) is 0 Å². The fourth-order valence-electron chi connectivity index (χ4n) is 1.92. The van der Waals surface area contributed by atoms with Gasteiger partial charge in [0.05, 0.1) is 5.52 Å². The van der Waals surface area contributed by atoms with Crippen LogP contribution in [0, 0.1) is 6.92 Å². The number of hydrogen-bond donors (Lipinski definition) is 1. The number of aryl methyl sites for hydroxylation is 2. The molecule has 0 saturated carbocycles. The monoisotopic (exact) mass is 234 g/mol. The minimum Gasteiger partial charge on any atom is -0.330 e. The third kappa shape index (κ3) is 2.34. The molecule has 0 fully saturated rings. The van der Waals surface area contributed by atoms with Crippen molar-refractivity contribution in [3.05, 3.63) is 40.5 Å². The minimum absolute atomic E-state index is 0.719. The Bertz CT molecular complexity index is 503. The summed E-state index contributed by atoms with van der Waals surface area (Å²) in [6, 6.07) is 7.99. The quantitative estimate of drug-likeness (QED) is 0.887. The van der Waals surface area contributed by atoms with Crippen LogP contribution in [-0.2, 0) is 6.42 Å². The van der Waals surface area contributed by atoms with Gasteiger partial charge in [0.2, 0.25) is 0 Å². The van der Waals surface area contributed by atoms with Gasteiger partial charge in [-0.2, -0.15) is 0 Å². The van der Waals surface area contributed by atoms with Crippen molar-refractivity contribution in [2.24, 2.45) is 5.73 Å². The topological polar surface area (TPSA) is 38.9 Å². The number of pyridine rings is 1. The highest BCUT2D eigenvalue weighted by atomic mass is 35.5. The number of benzene rings is 1. The molecule has 0 aliphatic heterocycles. The van der Waals surface area contributed by atoms with E-state index in [4.69, 9.17) is 17.3 Å². The van der Waals surface area contributed by atoms with Crippen molar-refractivity contribution >= 4 is 22.5 Å². The SMILES string of the molecule is Cc1cc(CCCN)c2ccc(Cl)cc2n1. The Balaban J connectivity index is 2.54. The predicted molar refractivity (Wildman–Crippen MR) is 68.9 cm³/mol. The van der Waals surface area contributed by atoms with E-state index in [9.17, 15) is 0 Å². The Kier molecular flexibility index (Phi) is 3.42. The molecule has 0 aliphatic rings. The average molecular weight is 235 g/mol. The zero-order valence-corrected chi connectivity index (χ0v) is 10.1. The molecule has 0 bridgehead atoms. The number of fused-ring (bicyclic) bond motifs is 1. The third-order valence-corrected chi connectivity index (χ3v) is 2.87. The van der Waals surface area contributed by atoms with Crippen molar-refractivity contribution in [2.45, 2.75) is 19.8 Å². The first kappa shape index (κ1) is 11.4. The maximum absolute atomic E-state index is 5.97. The second-order valence-corrected chi connectivity index (χ2v) is 4.41. The molecular weight excluding hydrogens is 220 g/mol. The average Bonchev–Trinajstić information content (AvgIpc) is 2.25. The smallest absolute Gasteiger partial charge is 0.0722 e. The first-order valence-corrected chi connectivity index (χ1v) is 5.84. The van der Waals surface area contributed by atoms with Gasteiger partial charge in [0.15, 0.2) is 0 Å². The van der Waals surface area contributed by atoms with Gasteiger partial charge in [-0.3, -0.25) is 4.98 Å². The molecule has 3 heteroatoms. The second kappa shape index (κ2) is 4.81. The molecule has 2 N–H and O–H groups in total. The zero-order valence-electron chi connectivity index (χ0n) is 9.33. The molecule has 0 aliphatic carbocycles. The highest BCUT2D eigenvalue weighted by Gasteiger charge is 2.04. The molecule has 84 valence electrons. The Morgan fingerprint density at radius 3 is 2.88 bits per heavy atom. The fourth-order valence-corrected chi connectivity index (χ4v) is 2.09. The van der Waals surface area contributed by atoms with E-state index >= 15 is 0 Å². The molecule has 2 aromatic rings. The van der Waals surface area contributed by atoms with Gasteiger partial charge in [-0.25, -0.2) is 0 Å². The van der Waals surface area contributed by atoms with Crippen LogP contribution in [0.15, 0.2) is 24.3 Å². The second-order valence-electron chi connectivity index (χ2n) is 3.98. The summed E-state index contributed by atoms with van der Waals surface area (Å²) >= 11 is 5.97. The molecule has 1 aromatic heterocycles. The summed E-state index contributed by atoms with van der Waals surface area (Å²) in [5.74, 6) is 0. The van der Waals surface area contributed by atoms with Crippen molar-refractivity contribution in [2.75, 3.05) is 6.54 Å². The Hall–Kier alpha value is -1.12. The van der Waals surface area contributed by atoms with E-state index in [1.54, 1.807) is 0 Å². The van der Waals surface area contributed by atoms with Crippen LogP contribution in [-0.4, -0.2) is 11.5 Å². The highest BCUT2D eigenvalue weighted by Crippen LogP contribution is 2.22. The number of aromatic nitrogens is 1. The van der Waals surface area contributed by atoms with E-state index in [1.807, 2.05) is 25.1 Å². The molecule has 2 nitrogen and oxygen atoms in total. The van der Waals surface area contributed by atoms with Gasteiger partial charge in [-0.05, 0) is 50.1 Å². The van der Waals surface area contributed by atoms with Crippen molar-refractivity contribution in [1.82, 2.24) is 4.98 Å². The fraction of sp³-hybridized carbons (Fsp3) is 0.308. The van der Waals surface area contributed by atoms with Crippen molar-refractivity contribution in [3.8, 4) is 0 Å². The normalized spacial score (nSPS) is 10.9. The summed E-state index contributed by atoms with van der Waals surface area (Å²) in [5.41, 5.74) is 8.86. The Labute approximate surface area is 100 Å². The lowest BCUT2D eigenvalue weighted by molar-refractivity contribution is 0.835. The summed E-state index contributed by atoms with van der Waals surface area (Å²) in [7, 11) is 0. The van der Waals surface area contributed by atoms with Gasteiger partial charge in [-0.1, -0.05) is 17.7 Å². The van der Waals surface area contributed by atoms with Crippen molar-refractivity contribution in [3.63, 3.8) is 0 Å². The summed E-state index contributed by atoms with van der Waals surface area (Å²) in [6.45, 7) is 2.72. The molecule has 0 saturated heterocycles. The molecular formula is C13H15ClN2. The first-order valence-electron chi connectivity index (χ1n) is 5.46. The van der Waals surface area contributed by atoms with Crippen LogP contribution in [0.5, 0.6) is 0 Å². The molecule has 0 amide bonds.